The molecule has 0 unspecified atom stereocenters. The van der Waals surface area contributed by atoms with Crippen molar-refractivity contribution in [2.75, 3.05) is 0 Å². The number of alkyl halides is 3. The average Bonchev–Trinajstić information content (AvgIpc) is 2.38. The molecule has 0 atom stereocenters. The normalized spacial score (nSPS) is 10.9. The number of benzene rings is 1. The molecule has 0 spiro atoms. The lowest BCUT2D eigenvalue weighted by Crippen LogP contribution is -3.00. The van der Waals surface area contributed by atoms with Crippen LogP contribution in [0, 0.1) is 0 Å². The fraction of sp³-hybridized carbons (Fsp3) is 0.143. The van der Waals surface area contributed by atoms with Crippen LogP contribution < -0.4 is 21.5 Å². The molecule has 7 heteroatoms. The van der Waals surface area contributed by atoms with E-state index < -0.39 is 11.7 Å². The fourth-order valence-electron chi connectivity index (χ4n) is 1.69. The third kappa shape index (κ3) is 4.64. The summed E-state index contributed by atoms with van der Waals surface area (Å²) in [6.07, 6.45) is -1.87. The molecule has 0 N–H and O–H groups in total. The van der Waals surface area contributed by atoms with Crippen LogP contribution in [0.3, 0.4) is 0 Å². The molecular weight excluding hydrogens is 415 g/mol. The first-order chi connectivity index (χ1) is 9.38. The number of halogens is 5. The van der Waals surface area contributed by atoms with Gasteiger partial charge in [0.2, 0.25) is 12.3 Å². The summed E-state index contributed by atoms with van der Waals surface area (Å²) in [6, 6.07) is 8.82. The highest BCUT2D eigenvalue weighted by Crippen LogP contribution is 2.27. The predicted molar refractivity (Wildman–Crippen MR) is 70.1 cm³/mol. The monoisotopic (exact) mass is 423 g/mol. The fourth-order valence-corrected chi connectivity index (χ4v) is 2.20. The van der Waals surface area contributed by atoms with Crippen molar-refractivity contribution in [1.82, 2.24) is 0 Å². The van der Waals surface area contributed by atoms with Crippen LogP contribution in [0.2, 0.25) is 0 Å². The van der Waals surface area contributed by atoms with E-state index in [-0.39, 0.29) is 29.3 Å². The van der Waals surface area contributed by atoms with Crippen molar-refractivity contribution in [2.24, 2.45) is 0 Å². The Labute approximate surface area is 138 Å². The van der Waals surface area contributed by atoms with E-state index in [1.54, 1.807) is 24.3 Å². The molecule has 0 saturated carbocycles. The van der Waals surface area contributed by atoms with E-state index in [2.05, 4.69) is 15.9 Å². The summed E-state index contributed by atoms with van der Waals surface area (Å²) in [7, 11) is 0. The number of rotatable bonds is 3. The van der Waals surface area contributed by atoms with E-state index in [1.807, 2.05) is 0 Å². The predicted octanol–water partition coefficient (Wildman–Crippen LogP) is 0.642. The summed E-state index contributed by atoms with van der Waals surface area (Å²) in [5.74, 6) is -0.178. The number of carbonyl (C=O) groups is 1. The molecule has 1 aromatic heterocycles. The van der Waals surface area contributed by atoms with Crippen molar-refractivity contribution in [2.45, 2.75) is 12.7 Å². The Morgan fingerprint density at radius 1 is 1.10 bits per heavy atom. The number of aromatic nitrogens is 1. The molecule has 21 heavy (non-hydrogen) atoms. The smallest absolute Gasteiger partial charge is 0.416 e. The zero-order valence-corrected chi connectivity index (χ0v) is 13.7. The van der Waals surface area contributed by atoms with Gasteiger partial charge in [-0.2, -0.15) is 17.7 Å². The van der Waals surface area contributed by atoms with Gasteiger partial charge in [-0.3, -0.25) is 4.79 Å². The SMILES string of the molecule is O=C(C[n+]1ccc(C(F)(F)F)cc1)c1ccccc1Br.[Br-]. The maximum absolute atomic E-state index is 12.4. The topological polar surface area (TPSA) is 20.9 Å². The van der Waals surface area contributed by atoms with Crippen LogP contribution in [0.15, 0.2) is 53.3 Å². The Bertz CT molecular complexity index is 627. The molecule has 2 rings (SSSR count). The summed E-state index contributed by atoms with van der Waals surface area (Å²) in [6.45, 7) is -0.0131. The largest absolute Gasteiger partial charge is 1.00 e. The minimum atomic E-state index is -4.37. The van der Waals surface area contributed by atoms with Gasteiger partial charge >= 0.3 is 6.18 Å². The highest BCUT2D eigenvalue weighted by Gasteiger charge is 2.31. The van der Waals surface area contributed by atoms with Crippen LogP contribution in [0.1, 0.15) is 15.9 Å². The Kier molecular flexibility index (Phi) is 6.10. The van der Waals surface area contributed by atoms with Crippen LogP contribution in [0.5, 0.6) is 0 Å². The van der Waals surface area contributed by atoms with E-state index in [1.165, 1.54) is 17.0 Å². The molecule has 0 radical (unpaired) electrons. The second-order valence-corrected chi connectivity index (χ2v) is 5.01. The molecule has 2 nitrogen and oxygen atoms in total. The molecule has 0 fully saturated rings. The molecule has 0 bridgehead atoms. The first-order valence-electron chi connectivity index (χ1n) is 5.72. The summed E-state index contributed by atoms with van der Waals surface area (Å²) < 4.78 is 39.3. The number of hydrogen-bond acceptors (Lipinski definition) is 1. The number of carbonyl (C=O) groups excluding carboxylic acids is 1. The van der Waals surface area contributed by atoms with Crippen molar-refractivity contribution in [1.29, 1.82) is 0 Å². The second-order valence-electron chi connectivity index (χ2n) is 4.16. The minimum absolute atomic E-state index is 0. The number of pyridine rings is 1. The molecule has 1 heterocycles. The second kappa shape index (κ2) is 7.17. The van der Waals surface area contributed by atoms with Crippen molar-refractivity contribution >= 4 is 21.7 Å². The third-order valence-electron chi connectivity index (χ3n) is 2.72. The highest BCUT2D eigenvalue weighted by atomic mass is 79.9. The van der Waals surface area contributed by atoms with Crippen LogP contribution in [-0.4, -0.2) is 5.78 Å². The minimum Gasteiger partial charge on any atom is -1.00 e. The molecular formula is C14H10Br2F3NO. The van der Waals surface area contributed by atoms with Gasteiger partial charge < -0.3 is 17.0 Å². The standard InChI is InChI=1S/C14H10BrF3NO.BrH/c15-12-4-2-1-3-11(12)13(20)9-19-7-5-10(6-8-19)14(16,17)18;/h1-8H,9H2;1H/q+1;/p-1. The summed E-state index contributed by atoms with van der Waals surface area (Å²) >= 11 is 3.27. The lowest BCUT2D eigenvalue weighted by Gasteiger charge is -2.05. The Morgan fingerprint density at radius 3 is 2.19 bits per heavy atom. The first-order valence-corrected chi connectivity index (χ1v) is 6.51. The van der Waals surface area contributed by atoms with Gasteiger partial charge in [-0.05, 0) is 6.07 Å². The van der Waals surface area contributed by atoms with Gasteiger partial charge in [-0.15, -0.1) is 0 Å². The number of Topliss-reactive ketones (excluding diaryl/α,β-unsaturated/α-hetero) is 1. The van der Waals surface area contributed by atoms with E-state index in [0.29, 0.717) is 10.0 Å². The summed E-state index contributed by atoms with van der Waals surface area (Å²) in [5.41, 5.74) is -0.234. The maximum atomic E-state index is 12.4. The summed E-state index contributed by atoms with van der Waals surface area (Å²) in [5, 5.41) is 0. The Hall–Kier alpha value is -1.21. The zero-order chi connectivity index (χ0) is 14.8. The molecule has 0 amide bonds. The van der Waals surface area contributed by atoms with Gasteiger partial charge in [0.05, 0.1) is 5.56 Å². The molecule has 2 aromatic rings. The van der Waals surface area contributed by atoms with Gasteiger partial charge in [-0.25, -0.2) is 0 Å². The van der Waals surface area contributed by atoms with Crippen molar-refractivity contribution in [3.63, 3.8) is 0 Å². The van der Waals surface area contributed by atoms with E-state index in [9.17, 15) is 18.0 Å². The number of ketones is 1. The zero-order valence-electron chi connectivity index (χ0n) is 10.6. The average molecular weight is 425 g/mol. The van der Waals surface area contributed by atoms with Crippen LogP contribution in [0.4, 0.5) is 13.2 Å². The van der Waals surface area contributed by atoms with Crippen molar-refractivity contribution in [3.05, 3.63) is 64.4 Å². The molecule has 0 aliphatic heterocycles. The van der Waals surface area contributed by atoms with E-state index >= 15 is 0 Å². The lowest BCUT2D eigenvalue weighted by molar-refractivity contribution is -0.683. The van der Waals surface area contributed by atoms with Gasteiger partial charge in [0.25, 0.3) is 0 Å². The molecule has 0 aliphatic rings. The van der Waals surface area contributed by atoms with Gasteiger partial charge in [-0.1, -0.05) is 34.1 Å². The molecule has 0 aliphatic carbocycles. The highest BCUT2D eigenvalue weighted by molar-refractivity contribution is 9.10. The lowest BCUT2D eigenvalue weighted by atomic mass is 10.1. The van der Waals surface area contributed by atoms with Gasteiger partial charge in [0, 0.05) is 22.2 Å². The quantitative estimate of drug-likeness (QED) is 0.523. The number of nitrogens with zero attached hydrogens (tertiary/aromatic N) is 1. The van der Waals surface area contributed by atoms with Gasteiger partial charge in [0.15, 0.2) is 12.4 Å². The van der Waals surface area contributed by atoms with E-state index in [0.717, 1.165) is 12.1 Å². The van der Waals surface area contributed by atoms with Crippen molar-refractivity contribution in [3.8, 4) is 0 Å². The molecule has 1 aromatic carbocycles. The number of hydrogen-bond donors (Lipinski definition) is 0. The van der Waals surface area contributed by atoms with Gasteiger partial charge in [0.1, 0.15) is 0 Å². The first kappa shape index (κ1) is 17.8. The Balaban J connectivity index is 0.00000220. The summed E-state index contributed by atoms with van der Waals surface area (Å²) in [4.78, 5) is 12.0. The maximum Gasteiger partial charge on any atom is 0.416 e. The van der Waals surface area contributed by atoms with E-state index in [4.69, 9.17) is 0 Å². The molecule has 0 saturated heterocycles. The van der Waals surface area contributed by atoms with Crippen LogP contribution in [-0.2, 0) is 12.7 Å². The van der Waals surface area contributed by atoms with Crippen molar-refractivity contribution < 1.29 is 39.5 Å². The molecule has 112 valence electrons. The third-order valence-corrected chi connectivity index (χ3v) is 3.41. The Morgan fingerprint density at radius 2 is 1.67 bits per heavy atom. The van der Waals surface area contributed by atoms with Crippen LogP contribution in [0.25, 0.3) is 0 Å². The van der Waals surface area contributed by atoms with Crippen LogP contribution >= 0.6 is 15.9 Å².